The second-order valence-electron chi connectivity index (χ2n) is 1.81. The minimum absolute atomic E-state index is 0.556. The number of nitrogens with one attached hydrogen (secondary N) is 1. The monoisotopic (exact) mass is 163 g/mol. The van der Waals surface area contributed by atoms with Crippen LogP contribution in [-0.2, 0) is 4.74 Å². The Morgan fingerprint density at radius 3 is 2.10 bits per heavy atom. The Kier molecular flexibility index (Phi) is 8.91. The van der Waals surface area contributed by atoms with E-state index in [0.717, 1.165) is 26.3 Å². The summed E-state index contributed by atoms with van der Waals surface area (Å²) in [6, 6.07) is 0. The van der Waals surface area contributed by atoms with E-state index in [9.17, 15) is 0 Å². The fourth-order valence-corrected chi connectivity index (χ4v) is 0.516. The van der Waals surface area contributed by atoms with E-state index in [1.54, 1.807) is 6.08 Å². The Hall–Kier alpha value is -0.0500. The first kappa shape index (κ1) is 9.95. The Morgan fingerprint density at radius 1 is 1.50 bits per heavy atom. The van der Waals surface area contributed by atoms with Crippen molar-refractivity contribution in [3.05, 3.63) is 12.7 Å². The lowest BCUT2D eigenvalue weighted by Crippen LogP contribution is -2.30. The van der Waals surface area contributed by atoms with Crippen LogP contribution in [0.1, 0.15) is 0 Å². The summed E-state index contributed by atoms with van der Waals surface area (Å²) in [6.45, 7) is 7.18. The van der Waals surface area contributed by atoms with Gasteiger partial charge in [-0.05, 0) is 0 Å². The Labute approximate surface area is 67.2 Å². The zero-order valence-electron chi connectivity index (χ0n) is 6.11. The topological polar surface area (TPSA) is 21.3 Å². The summed E-state index contributed by atoms with van der Waals surface area (Å²) in [4.78, 5) is 0. The van der Waals surface area contributed by atoms with Crippen molar-refractivity contribution in [2.24, 2.45) is 0 Å². The molecule has 1 aliphatic rings. The van der Waals surface area contributed by atoms with Gasteiger partial charge in [0.25, 0.3) is 0 Å². The first-order valence-corrected chi connectivity index (χ1v) is 3.90. The molecule has 0 unspecified atom stereocenters. The molecule has 0 aliphatic carbocycles. The summed E-state index contributed by atoms with van der Waals surface area (Å²) in [6.07, 6.45) is 1.64. The largest absolute Gasteiger partial charge is 0.379 e. The molecule has 3 heteroatoms. The molecule has 0 spiro atoms. The van der Waals surface area contributed by atoms with Gasteiger partial charge in [0.05, 0.1) is 13.2 Å². The van der Waals surface area contributed by atoms with Crippen LogP contribution in [0.4, 0.5) is 0 Å². The van der Waals surface area contributed by atoms with Crippen molar-refractivity contribution >= 4 is 11.6 Å². The zero-order chi connectivity index (χ0) is 7.66. The molecule has 0 aromatic carbocycles. The predicted molar refractivity (Wildman–Crippen MR) is 44.6 cm³/mol. The summed E-state index contributed by atoms with van der Waals surface area (Å²) in [5.74, 6) is 0.556. The molecular weight excluding hydrogens is 150 g/mol. The molecule has 0 saturated carbocycles. The van der Waals surface area contributed by atoms with E-state index in [1.165, 1.54) is 0 Å². The fourth-order valence-electron chi connectivity index (χ4n) is 0.516. The van der Waals surface area contributed by atoms with Crippen molar-refractivity contribution in [3.8, 4) is 0 Å². The molecule has 1 aliphatic heterocycles. The molecule has 2 nitrogen and oxygen atoms in total. The van der Waals surface area contributed by atoms with Gasteiger partial charge in [-0.1, -0.05) is 6.08 Å². The van der Waals surface area contributed by atoms with Crippen molar-refractivity contribution in [1.29, 1.82) is 0 Å². The average molecular weight is 164 g/mol. The van der Waals surface area contributed by atoms with E-state index in [2.05, 4.69) is 11.9 Å². The summed E-state index contributed by atoms with van der Waals surface area (Å²) in [5.41, 5.74) is 0. The molecular formula is C7H14ClNO. The van der Waals surface area contributed by atoms with Crippen molar-refractivity contribution in [1.82, 2.24) is 5.32 Å². The quantitative estimate of drug-likeness (QED) is 0.461. The lowest BCUT2D eigenvalue weighted by Gasteiger charge is -2.10. The Bertz CT molecular complexity index is 62.5. The molecule has 0 aromatic heterocycles. The third-order valence-electron chi connectivity index (χ3n) is 0.955. The zero-order valence-corrected chi connectivity index (χ0v) is 6.86. The summed E-state index contributed by atoms with van der Waals surface area (Å²) in [7, 11) is 0. The van der Waals surface area contributed by atoms with Gasteiger partial charge in [0.1, 0.15) is 0 Å². The summed E-state index contributed by atoms with van der Waals surface area (Å²) in [5, 5.41) is 3.16. The van der Waals surface area contributed by atoms with Gasteiger partial charge in [-0.25, -0.2) is 0 Å². The molecule has 1 saturated heterocycles. The number of ether oxygens (including phenoxy) is 1. The summed E-state index contributed by atoms with van der Waals surface area (Å²) < 4.78 is 5.01. The molecule has 0 radical (unpaired) electrons. The van der Waals surface area contributed by atoms with E-state index >= 15 is 0 Å². The van der Waals surface area contributed by atoms with Crippen molar-refractivity contribution in [2.75, 3.05) is 32.2 Å². The number of hydrogen-bond donors (Lipinski definition) is 1. The molecule has 0 aromatic rings. The molecule has 1 rings (SSSR count). The predicted octanol–water partition coefficient (Wildman–Crippen LogP) is 1.02. The van der Waals surface area contributed by atoms with Gasteiger partial charge in [0, 0.05) is 19.0 Å². The maximum atomic E-state index is 5.07. The fraction of sp³-hybridized carbons (Fsp3) is 0.714. The van der Waals surface area contributed by atoms with Crippen LogP contribution in [-0.4, -0.2) is 32.2 Å². The van der Waals surface area contributed by atoms with Crippen LogP contribution in [0.3, 0.4) is 0 Å². The van der Waals surface area contributed by atoms with Crippen molar-refractivity contribution in [3.63, 3.8) is 0 Å². The standard InChI is InChI=1S/C4H9NO.C3H5Cl/c1-3-6-4-2-5-1;1-2-3-4/h5H,1-4H2;2H,1,3H2. The van der Waals surface area contributed by atoms with E-state index in [1.807, 2.05) is 0 Å². The molecule has 0 atom stereocenters. The first-order chi connectivity index (χ1) is 4.91. The van der Waals surface area contributed by atoms with Gasteiger partial charge in [0.15, 0.2) is 0 Å². The third kappa shape index (κ3) is 7.95. The van der Waals surface area contributed by atoms with E-state index < -0.39 is 0 Å². The minimum Gasteiger partial charge on any atom is -0.379 e. The Balaban J connectivity index is 0.000000180. The van der Waals surface area contributed by atoms with Crippen LogP contribution >= 0.6 is 11.6 Å². The highest BCUT2D eigenvalue weighted by molar-refractivity contribution is 6.18. The SMILES string of the molecule is C1COCCN1.C=CCCl. The van der Waals surface area contributed by atoms with Crippen molar-refractivity contribution < 1.29 is 4.74 Å². The second kappa shape index (κ2) is 8.95. The van der Waals surface area contributed by atoms with E-state index in [4.69, 9.17) is 16.3 Å². The van der Waals surface area contributed by atoms with Crippen LogP contribution in [0.25, 0.3) is 0 Å². The number of halogens is 1. The highest BCUT2D eigenvalue weighted by atomic mass is 35.5. The normalized spacial score (nSPS) is 16.9. The summed E-state index contributed by atoms with van der Waals surface area (Å²) >= 11 is 5.07. The van der Waals surface area contributed by atoms with E-state index in [0.29, 0.717) is 5.88 Å². The van der Waals surface area contributed by atoms with Gasteiger partial charge < -0.3 is 10.1 Å². The van der Waals surface area contributed by atoms with Gasteiger partial charge >= 0.3 is 0 Å². The van der Waals surface area contributed by atoms with E-state index in [-0.39, 0.29) is 0 Å². The molecule has 0 amide bonds. The lowest BCUT2D eigenvalue weighted by atomic mass is 10.5. The maximum Gasteiger partial charge on any atom is 0.0591 e. The molecule has 1 heterocycles. The molecule has 60 valence electrons. The van der Waals surface area contributed by atoms with Gasteiger partial charge in [-0.3, -0.25) is 0 Å². The maximum absolute atomic E-state index is 5.07. The Morgan fingerprint density at radius 2 is 2.00 bits per heavy atom. The van der Waals surface area contributed by atoms with Crippen molar-refractivity contribution in [2.45, 2.75) is 0 Å². The van der Waals surface area contributed by atoms with Gasteiger partial charge in [-0.15, -0.1) is 18.2 Å². The smallest absolute Gasteiger partial charge is 0.0591 e. The van der Waals surface area contributed by atoms with Crippen LogP contribution in [0.15, 0.2) is 12.7 Å². The van der Waals surface area contributed by atoms with Gasteiger partial charge in [-0.2, -0.15) is 0 Å². The highest BCUT2D eigenvalue weighted by Gasteiger charge is 1.92. The number of hydrogen-bond acceptors (Lipinski definition) is 2. The first-order valence-electron chi connectivity index (χ1n) is 3.37. The number of morpholine rings is 1. The molecule has 10 heavy (non-hydrogen) atoms. The van der Waals surface area contributed by atoms with Crippen LogP contribution in [0.5, 0.6) is 0 Å². The van der Waals surface area contributed by atoms with Gasteiger partial charge in [0.2, 0.25) is 0 Å². The highest BCUT2D eigenvalue weighted by Crippen LogP contribution is 1.76. The van der Waals surface area contributed by atoms with Crippen LogP contribution in [0, 0.1) is 0 Å². The average Bonchev–Trinajstić information content (AvgIpc) is 2.08. The molecule has 1 fully saturated rings. The number of rotatable bonds is 1. The minimum atomic E-state index is 0.556. The number of alkyl halides is 1. The number of allylic oxidation sites excluding steroid dienone is 1. The molecule has 0 bridgehead atoms. The van der Waals surface area contributed by atoms with Crippen LogP contribution < -0.4 is 5.32 Å². The third-order valence-corrected chi connectivity index (χ3v) is 1.17. The molecule has 1 N–H and O–H groups in total. The van der Waals surface area contributed by atoms with Crippen LogP contribution in [0.2, 0.25) is 0 Å². The lowest BCUT2D eigenvalue weighted by molar-refractivity contribution is 0.109. The second-order valence-corrected chi connectivity index (χ2v) is 2.11.